The molecule has 100 valence electrons. The molecule has 1 aromatic carbocycles. The number of aliphatic hydroxyl groups is 1. The molecule has 1 amide bonds. The summed E-state index contributed by atoms with van der Waals surface area (Å²) >= 11 is 0. The third kappa shape index (κ3) is 4.37. The monoisotopic (exact) mass is 251 g/mol. The van der Waals surface area contributed by atoms with Crippen LogP contribution >= 0.6 is 0 Å². The lowest BCUT2D eigenvalue weighted by molar-refractivity contribution is 0.0767. The quantitative estimate of drug-likeness (QED) is 0.753. The van der Waals surface area contributed by atoms with Gasteiger partial charge < -0.3 is 14.7 Å². The van der Waals surface area contributed by atoms with Gasteiger partial charge in [-0.2, -0.15) is 0 Å². The van der Waals surface area contributed by atoms with Gasteiger partial charge >= 0.3 is 0 Å². The summed E-state index contributed by atoms with van der Waals surface area (Å²) in [6, 6.07) is 7.10. The molecule has 18 heavy (non-hydrogen) atoms. The van der Waals surface area contributed by atoms with Crippen molar-refractivity contribution in [3.8, 4) is 5.75 Å². The number of ether oxygens (including phenoxy) is 1. The second kappa shape index (κ2) is 7.71. The normalized spacial score (nSPS) is 10.2. The van der Waals surface area contributed by atoms with Gasteiger partial charge in [0.1, 0.15) is 5.75 Å². The fourth-order valence-corrected chi connectivity index (χ4v) is 1.50. The molecule has 0 spiro atoms. The maximum atomic E-state index is 11.9. The van der Waals surface area contributed by atoms with Crippen LogP contribution in [0.25, 0.3) is 0 Å². The first-order valence-corrected chi connectivity index (χ1v) is 6.28. The Hall–Kier alpha value is -1.55. The molecule has 4 heteroatoms. The molecule has 0 saturated carbocycles. The highest BCUT2D eigenvalue weighted by Crippen LogP contribution is 2.13. The number of carbonyl (C=O) groups excluding carboxylic acids is 1. The van der Waals surface area contributed by atoms with Crippen molar-refractivity contribution in [1.82, 2.24) is 4.90 Å². The standard InChI is InChI=1S/C14H21NO3/c1-3-4-11-18-13-7-5-12(6-8-13)14(17)15(2)9-10-16/h5-8,16H,3-4,9-11H2,1-2H3. The molecule has 0 heterocycles. The molecule has 0 bridgehead atoms. The largest absolute Gasteiger partial charge is 0.494 e. The van der Waals surface area contributed by atoms with E-state index in [4.69, 9.17) is 9.84 Å². The Morgan fingerprint density at radius 3 is 2.56 bits per heavy atom. The fraction of sp³-hybridized carbons (Fsp3) is 0.500. The molecule has 0 saturated heterocycles. The summed E-state index contributed by atoms with van der Waals surface area (Å²) in [6.07, 6.45) is 2.13. The second-order valence-corrected chi connectivity index (χ2v) is 4.18. The third-order valence-electron chi connectivity index (χ3n) is 2.65. The van der Waals surface area contributed by atoms with E-state index in [0.717, 1.165) is 18.6 Å². The van der Waals surface area contributed by atoms with Crippen LogP contribution in [0.1, 0.15) is 30.1 Å². The van der Waals surface area contributed by atoms with Crippen LogP contribution in [0, 0.1) is 0 Å². The number of benzene rings is 1. The molecule has 0 aromatic heterocycles. The smallest absolute Gasteiger partial charge is 0.253 e. The Morgan fingerprint density at radius 2 is 2.00 bits per heavy atom. The molecule has 1 N–H and O–H groups in total. The predicted octanol–water partition coefficient (Wildman–Crippen LogP) is 1.93. The van der Waals surface area contributed by atoms with Gasteiger partial charge in [0.25, 0.3) is 5.91 Å². The Bertz CT molecular complexity index is 362. The maximum Gasteiger partial charge on any atom is 0.253 e. The topological polar surface area (TPSA) is 49.8 Å². The van der Waals surface area contributed by atoms with Crippen molar-refractivity contribution in [3.63, 3.8) is 0 Å². The van der Waals surface area contributed by atoms with E-state index >= 15 is 0 Å². The number of hydrogen-bond acceptors (Lipinski definition) is 3. The first-order valence-electron chi connectivity index (χ1n) is 6.28. The first kappa shape index (κ1) is 14.5. The molecule has 0 aliphatic carbocycles. The molecule has 0 fully saturated rings. The zero-order chi connectivity index (χ0) is 13.4. The number of carbonyl (C=O) groups is 1. The van der Waals surface area contributed by atoms with Crippen LogP contribution in [0.15, 0.2) is 24.3 Å². The van der Waals surface area contributed by atoms with Crippen LogP contribution in [0.4, 0.5) is 0 Å². The number of unbranched alkanes of at least 4 members (excludes halogenated alkanes) is 1. The average Bonchev–Trinajstić information content (AvgIpc) is 2.39. The van der Waals surface area contributed by atoms with Gasteiger partial charge in [0.15, 0.2) is 0 Å². The summed E-state index contributed by atoms with van der Waals surface area (Å²) < 4.78 is 5.52. The highest BCUT2D eigenvalue weighted by molar-refractivity contribution is 5.94. The van der Waals surface area contributed by atoms with E-state index in [9.17, 15) is 4.79 Å². The molecule has 4 nitrogen and oxygen atoms in total. The molecule has 0 unspecified atom stereocenters. The molecule has 0 radical (unpaired) electrons. The van der Waals surface area contributed by atoms with Gasteiger partial charge in [-0.15, -0.1) is 0 Å². The molecule has 0 aliphatic rings. The molecule has 0 aliphatic heterocycles. The summed E-state index contributed by atoms with van der Waals surface area (Å²) in [4.78, 5) is 13.4. The summed E-state index contributed by atoms with van der Waals surface area (Å²) in [7, 11) is 1.67. The zero-order valence-corrected chi connectivity index (χ0v) is 11.1. The minimum atomic E-state index is -0.0934. The van der Waals surface area contributed by atoms with Crippen LogP contribution in [0.2, 0.25) is 0 Å². The van der Waals surface area contributed by atoms with E-state index in [0.29, 0.717) is 18.7 Å². The number of hydrogen-bond donors (Lipinski definition) is 1. The molecule has 1 aromatic rings. The third-order valence-corrected chi connectivity index (χ3v) is 2.65. The Morgan fingerprint density at radius 1 is 1.33 bits per heavy atom. The Labute approximate surface area is 108 Å². The minimum Gasteiger partial charge on any atom is -0.494 e. The van der Waals surface area contributed by atoms with Crippen LogP contribution < -0.4 is 4.74 Å². The predicted molar refractivity (Wildman–Crippen MR) is 70.9 cm³/mol. The van der Waals surface area contributed by atoms with Crippen molar-refractivity contribution < 1.29 is 14.6 Å². The van der Waals surface area contributed by atoms with Crippen molar-refractivity contribution in [2.75, 3.05) is 26.8 Å². The number of aliphatic hydroxyl groups excluding tert-OH is 1. The number of likely N-dealkylation sites (N-methyl/N-ethyl adjacent to an activating group) is 1. The lowest BCUT2D eigenvalue weighted by Gasteiger charge is -2.15. The van der Waals surface area contributed by atoms with Crippen molar-refractivity contribution in [1.29, 1.82) is 0 Å². The maximum absolute atomic E-state index is 11.9. The summed E-state index contributed by atoms with van der Waals surface area (Å²) in [6.45, 7) is 3.13. The number of amides is 1. The lowest BCUT2D eigenvalue weighted by atomic mass is 10.2. The molecule has 1 rings (SSSR count). The van der Waals surface area contributed by atoms with Crippen molar-refractivity contribution in [2.45, 2.75) is 19.8 Å². The molecular formula is C14H21NO3. The van der Waals surface area contributed by atoms with E-state index in [1.165, 1.54) is 4.90 Å². The van der Waals surface area contributed by atoms with Gasteiger partial charge in [0, 0.05) is 19.2 Å². The van der Waals surface area contributed by atoms with E-state index in [1.54, 1.807) is 31.3 Å². The lowest BCUT2D eigenvalue weighted by Crippen LogP contribution is -2.29. The SMILES string of the molecule is CCCCOc1ccc(C(=O)N(C)CCO)cc1. The highest BCUT2D eigenvalue weighted by Gasteiger charge is 2.10. The van der Waals surface area contributed by atoms with Crippen molar-refractivity contribution >= 4 is 5.91 Å². The average molecular weight is 251 g/mol. The summed E-state index contributed by atoms with van der Waals surface area (Å²) in [5.41, 5.74) is 0.605. The van der Waals surface area contributed by atoms with Gasteiger partial charge in [-0.05, 0) is 30.7 Å². The number of nitrogens with zero attached hydrogens (tertiary/aromatic N) is 1. The van der Waals surface area contributed by atoms with Gasteiger partial charge in [0.05, 0.1) is 13.2 Å². The van der Waals surface area contributed by atoms with Crippen LogP contribution in [-0.2, 0) is 0 Å². The van der Waals surface area contributed by atoms with Crippen molar-refractivity contribution in [2.24, 2.45) is 0 Å². The fourth-order valence-electron chi connectivity index (χ4n) is 1.50. The van der Waals surface area contributed by atoms with Gasteiger partial charge in [0.2, 0.25) is 0 Å². The Kier molecular flexibility index (Phi) is 6.22. The van der Waals surface area contributed by atoms with Gasteiger partial charge in [-0.1, -0.05) is 13.3 Å². The molecular weight excluding hydrogens is 230 g/mol. The van der Waals surface area contributed by atoms with Crippen LogP contribution in [-0.4, -0.2) is 42.7 Å². The summed E-state index contributed by atoms with van der Waals surface area (Å²) in [5, 5.41) is 8.78. The Balaban J connectivity index is 2.56. The van der Waals surface area contributed by atoms with Crippen molar-refractivity contribution in [3.05, 3.63) is 29.8 Å². The molecule has 0 atom stereocenters. The van der Waals surface area contributed by atoms with Crippen LogP contribution in [0.3, 0.4) is 0 Å². The van der Waals surface area contributed by atoms with Crippen LogP contribution in [0.5, 0.6) is 5.75 Å². The summed E-state index contributed by atoms with van der Waals surface area (Å²) in [5.74, 6) is 0.689. The van der Waals surface area contributed by atoms with Gasteiger partial charge in [-0.3, -0.25) is 4.79 Å². The van der Waals surface area contributed by atoms with E-state index in [1.807, 2.05) is 0 Å². The zero-order valence-electron chi connectivity index (χ0n) is 11.1. The minimum absolute atomic E-state index is 0.0273. The number of rotatable bonds is 7. The first-order chi connectivity index (χ1) is 8.69. The van der Waals surface area contributed by atoms with E-state index in [-0.39, 0.29) is 12.5 Å². The highest BCUT2D eigenvalue weighted by atomic mass is 16.5. The van der Waals surface area contributed by atoms with E-state index < -0.39 is 0 Å². The second-order valence-electron chi connectivity index (χ2n) is 4.18. The van der Waals surface area contributed by atoms with E-state index in [2.05, 4.69) is 6.92 Å². The van der Waals surface area contributed by atoms with Gasteiger partial charge in [-0.25, -0.2) is 0 Å².